The number of hydrogen-bond acceptors (Lipinski definition) is 3. The van der Waals surface area contributed by atoms with Gasteiger partial charge in [-0.1, -0.05) is 20.8 Å². The molecule has 100 valence electrons. The summed E-state index contributed by atoms with van der Waals surface area (Å²) in [6.45, 7) is 6.13. The zero-order chi connectivity index (χ0) is 12.5. The fourth-order valence-corrected chi connectivity index (χ4v) is 1.84. The van der Waals surface area contributed by atoms with Gasteiger partial charge in [-0.3, -0.25) is 4.79 Å². The van der Waals surface area contributed by atoms with Gasteiger partial charge in [0, 0.05) is 6.54 Å². The number of hydrogen-bond donors (Lipinski definition) is 2. The maximum atomic E-state index is 12.0. The molecular weight excluding hydrogens is 244 g/mol. The van der Waals surface area contributed by atoms with Crippen LogP contribution in [0.15, 0.2) is 0 Å². The third-order valence-electron chi connectivity index (χ3n) is 3.02. The molecular formula is C11H21ClN2O3. The number of amides is 1. The zero-order valence-corrected chi connectivity index (χ0v) is 11.3. The molecule has 0 spiro atoms. The van der Waals surface area contributed by atoms with Crippen LogP contribution >= 0.6 is 12.4 Å². The smallest absolute Gasteiger partial charge is 0.326 e. The maximum absolute atomic E-state index is 12.0. The van der Waals surface area contributed by atoms with E-state index in [1.54, 1.807) is 0 Å². The minimum atomic E-state index is -0.938. The highest BCUT2D eigenvalue weighted by Gasteiger charge is 2.39. The summed E-state index contributed by atoms with van der Waals surface area (Å²) < 4.78 is 0. The van der Waals surface area contributed by atoms with Crippen LogP contribution in [-0.4, -0.2) is 40.5 Å². The van der Waals surface area contributed by atoms with Gasteiger partial charge in [-0.05, 0) is 18.3 Å². The summed E-state index contributed by atoms with van der Waals surface area (Å²) in [7, 11) is 0. The Balaban J connectivity index is 0.00000256. The van der Waals surface area contributed by atoms with Crippen LogP contribution in [-0.2, 0) is 9.59 Å². The van der Waals surface area contributed by atoms with Crippen molar-refractivity contribution in [3.8, 4) is 0 Å². The molecule has 0 radical (unpaired) electrons. The van der Waals surface area contributed by atoms with Crippen molar-refractivity contribution >= 4 is 24.3 Å². The molecule has 0 aromatic carbocycles. The highest BCUT2D eigenvalue weighted by Crippen LogP contribution is 2.24. The first-order valence-corrected chi connectivity index (χ1v) is 5.54. The van der Waals surface area contributed by atoms with Crippen LogP contribution in [0.3, 0.4) is 0 Å². The van der Waals surface area contributed by atoms with Crippen molar-refractivity contribution in [3.63, 3.8) is 0 Å². The Morgan fingerprint density at radius 2 is 1.94 bits per heavy atom. The van der Waals surface area contributed by atoms with Crippen LogP contribution in [0.2, 0.25) is 0 Å². The average molecular weight is 265 g/mol. The van der Waals surface area contributed by atoms with E-state index in [1.165, 1.54) is 4.90 Å². The van der Waals surface area contributed by atoms with E-state index in [9.17, 15) is 9.59 Å². The number of nitrogens with zero attached hydrogens (tertiary/aromatic N) is 1. The molecule has 0 aromatic rings. The van der Waals surface area contributed by atoms with Crippen LogP contribution < -0.4 is 5.73 Å². The van der Waals surface area contributed by atoms with Crippen LogP contribution in [0.1, 0.15) is 33.6 Å². The molecule has 2 atom stereocenters. The van der Waals surface area contributed by atoms with Gasteiger partial charge < -0.3 is 15.7 Å². The number of halogens is 1. The summed E-state index contributed by atoms with van der Waals surface area (Å²) in [6, 6.07) is -1.34. The molecule has 5 nitrogen and oxygen atoms in total. The first-order valence-electron chi connectivity index (χ1n) is 5.54. The Morgan fingerprint density at radius 1 is 1.41 bits per heavy atom. The van der Waals surface area contributed by atoms with E-state index in [-0.39, 0.29) is 23.7 Å². The van der Waals surface area contributed by atoms with Crippen molar-refractivity contribution in [2.24, 2.45) is 11.1 Å². The Kier molecular flexibility index (Phi) is 5.42. The Bertz CT molecular complexity index is 302. The second-order valence-corrected chi connectivity index (χ2v) is 5.37. The minimum Gasteiger partial charge on any atom is -0.480 e. The third-order valence-corrected chi connectivity index (χ3v) is 3.02. The van der Waals surface area contributed by atoms with E-state index in [0.29, 0.717) is 13.0 Å². The van der Waals surface area contributed by atoms with E-state index in [0.717, 1.165) is 6.42 Å². The van der Waals surface area contributed by atoms with Gasteiger partial charge in [0.25, 0.3) is 0 Å². The fourth-order valence-electron chi connectivity index (χ4n) is 1.84. The monoisotopic (exact) mass is 264 g/mol. The highest BCUT2D eigenvalue weighted by atomic mass is 35.5. The molecule has 1 fully saturated rings. The van der Waals surface area contributed by atoms with E-state index in [4.69, 9.17) is 10.8 Å². The second kappa shape index (κ2) is 5.69. The lowest BCUT2D eigenvalue weighted by atomic mass is 9.86. The minimum absolute atomic E-state index is 0. The summed E-state index contributed by atoms with van der Waals surface area (Å²) in [5.74, 6) is -1.19. The van der Waals surface area contributed by atoms with Gasteiger partial charge in [0.1, 0.15) is 6.04 Å². The predicted molar refractivity (Wildman–Crippen MR) is 67.0 cm³/mol. The maximum Gasteiger partial charge on any atom is 0.326 e. The standard InChI is InChI=1S/C11H20N2O3.ClH/c1-11(2,3)8(12)9(14)13-6-4-5-7(13)10(15)16;/h7-8H,4-6,12H2,1-3H3,(H,15,16);1H/t7?,8-;/m1./s1. The molecule has 1 rings (SSSR count). The van der Waals surface area contributed by atoms with E-state index >= 15 is 0 Å². The van der Waals surface area contributed by atoms with Crippen LogP contribution in [0.25, 0.3) is 0 Å². The predicted octanol–water partition coefficient (Wildman–Crippen LogP) is 0.857. The molecule has 17 heavy (non-hydrogen) atoms. The molecule has 0 bridgehead atoms. The first-order chi connectivity index (χ1) is 7.25. The number of carboxylic acid groups (broad SMARTS) is 1. The van der Waals surface area contributed by atoms with E-state index < -0.39 is 18.1 Å². The van der Waals surface area contributed by atoms with Crippen LogP contribution in [0.5, 0.6) is 0 Å². The third kappa shape index (κ3) is 3.57. The van der Waals surface area contributed by atoms with Crippen molar-refractivity contribution in [1.82, 2.24) is 4.90 Å². The lowest BCUT2D eigenvalue weighted by molar-refractivity contribution is -0.149. The van der Waals surface area contributed by atoms with Gasteiger partial charge in [0.05, 0.1) is 6.04 Å². The lowest BCUT2D eigenvalue weighted by Crippen LogP contribution is -2.53. The number of carboxylic acids is 1. The van der Waals surface area contributed by atoms with Crippen molar-refractivity contribution in [2.45, 2.75) is 45.7 Å². The molecule has 6 heteroatoms. The van der Waals surface area contributed by atoms with Crippen molar-refractivity contribution in [3.05, 3.63) is 0 Å². The Labute approximate surface area is 108 Å². The number of likely N-dealkylation sites (tertiary alicyclic amines) is 1. The van der Waals surface area contributed by atoms with Gasteiger partial charge >= 0.3 is 5.97 Å². The first kappa shape index (κ1) is 16.2. The van der Waals surface area contributed by atoms with Crippen LogP contribution in [0, 0.1) is 5.41 Å². The molecule has 1 amide bonds. The number of rotatable bonds is 2. The summed E-state index contributed by atoms with van der Waals surface area (Å²) in [6.07, 6.45) is 1.26. The molecule has 1 aliphatic heterocycles. The van der Waals surface area contributed by atoms with E-state index in [1.807, 2.05) is 20.8 Å². The Morgan fingerprint density at radius 3 is 2.35 bits per heavy atom. The zero-order valence-electron chi connectivity index (χ0n) is 10.5. The van der Waals surface area contributed by atoms with Gasteiger partial charge in [0.2, 0.25) is 5.91 Å². The van der Waals surface area contributed by atoms with Crippen molar-refractivity contribution < 1.29 is 14.7 Å². The van der Waals surface area contributed by atoms with Crippen molar-refractivity contribution in [2.75, 3.05) is 6.54 Å². The number of carbonyl (C=O) groups excluding carboxylic acids is 1. The fraction of sp³-hybridized carbons (Fsp3) is 0.818. The van der Waals surface area contributed by atoms with Gasteiger partial charge in [-0.25, -0.2) is 4.79 Å². The molecule has 3 N–H and O–H groups in total. The largest absolute Gasteiger partial charge is 0.480 e. The second-order valence-electron chi connectivity index (χ2n) is 5.37. The lowest BCUT2D eigenvalue weighted by Gasteiger charge is -2.31. The van der Waals surface area contributed by atoms with Gasteiger partial charge in [-0.15, -0.1) is 12.4 Å². The molecule has 0 aliphatic carbocycles. The SMILES string of the molecule is CC(C)(C)[C@H](N)C(=O)N1CCCC1C(=O)O.Cl. The molecule has 0 aromatic heterocycles. The van der Waals surface area contributed by atoms with Crippen LogP contribution in [0.4, 0.5) is 0 Å². The molecule has 0 saturated carbocycles. The Hall–Kier alpha value is -0.810. The molecule has 1 unspecified atom stereocenters. The highest BCUT2D eigenvalue weighted by molar-refractivity contribution is 5.88. The summed E-state index contributed by atoms with van der Waals surface area (Å²) >= 11 is 0. The number of carbonyl (C=O) groups is 2. The number of nitrogens with two attached hydrogens (primary N) is 1. The molecule has 1 heterocycles. The van der Waals surface area contributed by atoms with E-state index in [2.05, 4.69) is 0 Å². The van der Waals surface area contributed by atoms with Gasteiger partial charge in [0.15, 0.2) is 0 Å². The molecule has 1 aliphatic rings. The summed E-state index contributed by atoms with van der Waals surface area (Å²) in [5.41, 5.74) is 5.51. The van der Waals surface area contributed by atoms with Crippen molar-refractivity contribution in [1.29, 1.82) is 0 Å². The topological polar surface area (TPSA) is 83.6 Å². The number of aliphatic carboxylic acids is 1. The normalized spacial score (nSPS) is 21.9. The van der Waals surface area contributed by atoms with Gasteiger partial charge in [-0.2, -0.15) is 0 Å². The summed E-state index contributed by atoms with van der Waals surface area (Å²) in [5, 5.41) is 8.98. The summed E-state index contributed by atoms with van der Waals surface area (Å²) in [4.78, 5) is 24.4. The molecule has 1 saturated heterocycles. The average Bonchev–Trinajstić information content (AvgIpc) is 2.62. The quantitative estimate of drug-likeness (QED) is 0.775.